The van der Waals surface area contributed by atoms with Gasteiger partial charge in [-0.05, 0) is 64.7 Å². The molecule has 1 aliphatic heterocycles. The molecule has 0 radical (unpaired) electrons. The van der Waals surface area contributed by atoms with E-state index in [-0.39, 0.29) is 12.2 Å². The van der Waals surface area contributed by atoms with Crippen LogP contribution in [0.3, 0.4) is 0 Å². The van der Waals surface area contributed by atoms with Crippen molar-refractivity contribution in [2.45, 2.75) is 20.3 Å². The largest absolute Gasteiger partial charge is 0.493 e. The lowest BCUT2D eigenvalue weighted by molar-refractivity contribution is -0.127. The van der Waals surface area contributed by atoms with E-state index in [1.807, 2.05) is 32.0 Å². The zero-order valence-corrected chi connectivity index (χ0v) is 18.3. The summed E-state index contributed by atoms with van der Waals surface area (Å²) in [5.41, 5.74) is 2.46. The summed E-state index contributed by atoms with van der Waals surface area (Å²) in [5, 5.41) is 5.29. The Morgan fingerprint density at radius 3 is 2.67 bits per heavy atom. The molecule has 0 spiro atoms. The highest BCUT2D eigenvalue weighted by molar-refractivity contribution is 9.10. The van der Waals surface area contributed by atoms with Gasteiger partial charge in [0.05, 0.1) is 11.1 Å². The minimum Gasteiger partial charge on any atom is -0.493 e. The first kappa shape index (κ1) is 21.6. The Hall–Kier alpha value is -3.13. The molecule has 2 aromatic rings. The number of para-hydroxylation sites is 1. The third-order valence-corrected chi connectivity index (χ3v) is 5.12. The van der Waals surface area contributed by atoms with Crippen molar-refractivity contribution in [1.82, 2.24) is 10.2 Å². The standard InChI is InChI=1S/C22H22BrN3O4/c1-3-15-7-5-6-8-17(15)24-20(27)13-26-21(28)18(25-22(26)29)12-14-9-10-19(30-4-2)16(23)11-14/h5-12H,3-4,13H2,1-2H3,(H,24,27)(H,25,29)/b18-12+. The van der Waals surface area contributed by atoms with E-state index in [1.54, 1.807) is 30.3 Å². The minimum atomic E-state index is -0.629. The van der Waals surface area contributed by atoms with Gasteiger partial charge < -0.3 is 15.4 Å². The van der Waals surface area contributed by atoms with Crippen LogP contribution < -0.4 is 15.4 Å². The van der Waals surface area contributed by atoms with Gasteiger partial charge in [0.25, 0.3) is 5.91 Å². The highest BCUT2D eigenvalue weighted by atomic mass is 79.9. The summed E-state index contributed by atoms with van der Waals surface area (Å²) in [6.07, 6.45) is 2.31. The van der Waals surface area contributed by atoms with Gasteiger partial charge in [-0.3, -0.25) is 9.59 Å². The molecule has 1 saturated heterocycles. The van der Waals surface area contributed by atoms with E-state index in [4.69, 9.17) is 4.74 Å². The highest BCUT2D eigenvalue weighted by Crippen LogP contribution is 2.27. The fourth-order valence-electron chi connectivity index (χ4n) is 3.05. The second-order valence-corrected chi connectivity index (χ2v) is 7.42. The van der Waals surface area contributed by atoms with Gasteiger partial charge in [0.2, 0.25) is 5.91 Å². The summed E-state index contributed by atoms with van der Waals surface area (Å²) in [4.78, 5) is 38.2. The van der Waals surface area contributed by atoms with Crippen molar-refractivity contribution in [2.24, 2.45) is 0 Å². The van der Waals surface area contributed by atoms with Crippen LogP contribution >= 0.6 is 15.9 Å². The number of halogens is 1. The summed E-state index contributed by atoms with van der Waals surface area (Å²) >= 11 is 3.42. The predicted octanol–water partition coefficient (Wildman–Crippen LogP) is 3.94. The molecule has 2 aromatic carbocycles. The van der Waals surface area contributed by atoms with Crippen molar-refractivity contribution in [2.75, 3.05) is 18.5 Å². The molecule has 0 aromatic heterocycles. The number of amides is 4. The summed E-state index contributed by atoms with van der Waals surface area (Å²) in [5.74, 6) is -0.305. The number of carbonyl (C=O) groups excluding carboxylic acids is 3. The lowest BCUT2D eigenvalue weighted by Gasteiger charge is -2.13. The molecule has 3 rings (SSSR count). The summed E-state index contributed by atoms with van der Waals surface area (Å²) < 4.78 is 6.21. The van der Waals surface area contributed by atoms with Crippen molar-refractivity contribution in [3.8, 4) is 5.75 Å². The van der Waals surface area contributed by atoms with Gasteiger partial charge in [0.1, 0.15) is 18.0 Å². The number of carbonyl (C=O) groups is 3. The van der Waals surface area contributed by atoms with E-state index >= 15 is 0 Å². The summed E-state index contributed by atoms with van der Waals surface area (Å²) in [6.45, 7) is 4.04. The molecule has 0 saturated carbocycles. The van der Waals surface area contributed by atoms with Gasteiger partial charge in [0.15, 0.2) is 0 Å². The lowest BCUT2D eigenvalue weighted by Crippen LogP contribution is -2.38. The molecule has 8 heteroatoms. The minimum absolute atomic E-state index is 0.109. The Morgan fingerprint density at radius 1 is 1.20 bits per heavy atom. The molecule has 7 nitrogen and oxygen atoms in total. The number of imide groups is 1. The number of aryl methyl sites for hydroxylation is 1. The molecule has 1 fully saturated rings. The highest BCUT2D eigenvalue weighted by Gasteiger charge is 2.35. The Morgan fingerprint density at radius 2 is 1.97 bits per heavy atom. The Kier molecular flexibility index (Phi) is 6.89. The normalized spacial score (nSPS) is 14.8. The molecule has 2 N–H and O–H groups in total. The molecule has 0 bridgehead atoms. The Balaban J connectivity index is 1.70. The van der Waals surface area contributed by atoms with Crippen molar-refractivity contribution in [3.63, 3.8) is 0 Å². The molecule has 4 amide bonds. The van der Waals surface area contributed by atoms with Gasteiger partial charge in [-0.1, -0.05) is 31.2 Å². The van der Waals surface area contributed by atoms with Gasteiger partial charge in [-0.2, -0.15) is 0 Å². The van der Waals surface area contributed by atoms with Crippen molar-refractivity contribution in [1.29, 1.82) is 0 Å². The van der Waals surface area contributed by atoms with Crippen LogP contribution in [0.2, 0.25) is 0 Å². The van der Waals surface area contributed by atoms with E-state index in [1.165, 1.54) is 0 Å². The quantitative estimate of drug-likeness (QED) is 0.472. The SMILES string of the molecule is CCOc1ccc(/C=C2/NC(=O)N(CC(=O)Nc3ccccc3CC)C2=O)cc1Br. The molecule has 30 heavy (non-hydrogen) atoms. The molecule has 156 valence electrons. The molecular weight excluding hydrogens is 450 g/mol. The number of rotatable bonds is 7. The number of benzene rings is 2. The van der Waals surface area contributed by atoms with Crippen LogP contribution in [0.5, 0.6) is 5.75 Å². The molecule has 0 atom stereocenters. The monoisotopic (exact) mass is 471 g/mol. The number of ether oxygens (including phenoxy) is 1. The maximum atomic E-state index is 12.6. The molecule has 0 unspecified atom stereocenters. The molecule has 1 aliphatic rings. The lowest BCUT2D eigenvalue weighted by atomic mass is 10.1. The number of anilines is 1. The zero-order valence-electron chi connectivity index (χ0n) is 16.7. The summed E-state index contributed by atoms with van der Waals surface area (Å²) in [7, 11) is 0. The van der Waals surface area contributed by atoms with Crippen LogP contribution in [0.25, 0.3) is 6.08 Å². The molecule has 0 aliphatic carbocycles. The van der Waals surface area contributed by atoms with Gasteiger partial charge in [-0.25, -0.2) is 9.69 Å². The topological polar surface area (TPSA) is 87.7 Å². The van der Waals surface area contributed by atoms with Gasteiger partial charge in [-0.15, -0.1) is 0 Å². The summed E-state index contributed by atoms with van der Waals surface area (Å²) in [6, 6.07) is 12.1. The van der Waals surface area contributed by atoms with Crippen LogP contribution in [0.1, 0.15) is 25.0 Å². The molecule has 1 heterocycles. The van der Waals surface area contributed by atoms with E-state index in [0.717, 1.165) is 21.4 Å². The van der Waals surface area contributed by atoms with Crippen LogP contribution in [-0.4, -0.2) is 35.9 Å². The fraction of sp³-hybridized carbons (Fsp3) is 0.227. The van der Waals surface area contributed by atoms with E-state index < -0.39 is 17.8 Å². The second kappa shape index (κ2) is 9.58. The third-order valence-electron chi connectivity index (χ3n) is 4.50. The number of hydrogen-bond donors (Lipinski definition) is 2. The van der Waals surface area contributed by atoms with Crippen molar-refractivity contribution >= 4 is 45.5 Å². The van der Waals surface area contributed by atoms with Gasteiger partial charge >= 0.3 is 6.03 Å². The Bertz CT molecular complexity index is 1020. The number of hydrogen-bond acceptors (Lipinski definition) is 4. The number of nitrogens with one attached hydrogen (secondary N) is 2. The second-order valence-electron chi connectivity index (χ2n) is 6.56. The van der Waals surface area contributed by atoms with Gasteiger partial charge in [0, 0.05) is 5.69 Å². The first-order valence-electron chi connectivity index (χ1n) is 9.57. The van der Waals surface area contributed by atoms with E-state index in [0.29, 0.717) is 23.6 Å². The predicted molar refractivity (Wildman–Crippen MR) is 118 cm³/mol. The van der Waals surface area contributed by atoms with E-state index in [2.05, 4.69) is 26.6 Å². The molecular formula is C22H22BrN3O4. The Labute approximate surface area is 183 Å². The third kappa shape index (κ3) is 4.88. The number of urea groups is 1. The van der Waals surface area contributed by atoms with Crippen molar-refractivity contribution < 1.29 is 19.1 Å². The first-order chi connectivity index (χ1) is 14.4. The van der Waals surface area contributed by atoms with Crippen molar-refractivity contribution in [3.05, 3.63) is 63.8 Å². The smallest absolute Gasteiger partial charge is 0.329 e. The maximum Gasteiger partial charge on any atom is 0.329 e. The van der Waals surface area contributed by atoms with Crippen LogP contribution in [-0.2, 0) is 16.0 Å². The van der Waals surface area contributed by atoms with E-state index in [9.17, 15) is 14.4 Å². The first-order valence-corrected chi connectivity index (χ1v) is 10.4. The average Bonchev–Trinajstić information content (AvgIpc) is 2.98. The fourth-order valence-corrected chi connectivity index (χ4v) is 3.56. The zero-order chi connectivity index (χ0) is 21.7. The average molecular weight is 472 g/mol. The number of nitrogens with zero attached hydrogens (tertiary/aromatic N) is 1. The van der Waals surface area contributed by atoms with Crippen LogP contribution in [0.4, 0.5) is 10.5 Å². The maximum absolute atomic E-state index is 12.6. The van der Waals surface area contributed by atoms with Crippen LogP contribution in [0, 0.1) is 0 Å². The van der Waals surface area contributed by atoms with Crippen LogP contribution in [0.15, 0.2) is 52.6 Å².